The monoisotopic (exact) mass is 470 g/mol. The Kier molecular flexibility index (Phi) is 5.99. The minimum atomic E-state index is -3.09. The van der Waals surface area contributed by atoms with Gasteiger partial charge in [0.05, 0.1) is 33.1 Å². The third kappa shape index (κ3) is 4.98. The van der Waals surface area contributed by atoms with Gasteiger partial charge in [0.2, 0.25) is 5.91 Å². The first-order chi connectivity index (χ1) is 15.2. The molecule has 6 nitrogen and oxygen atoms in total. The summed E-state index contributed by atoms with van der Waals surface area (Å²) in [6.45, 7) is 0.380. The van der Waals surface area contributed by atoms with Crippen LogP contribution < -0.4 is 5.32 Å². The number of aromatic nitrogens is 2. The Balaban J connectivity index is 1.65. The molecular weight excluding hydrogens is 451 g/mol. The lowest BCUT2D eigenvalue weighted by Crippen LogP contribution is -2.15. The number of carbonyl (C=O) groups excluding carboxylic acids is 1. The first-order valence-electron chi connectivity index (χ1n) is 9.72. The zero-order chi connectivity index (χ0) is 22.9. The number of anilines is 1. The standard InChI is InChI=1S/C23H20ClFN4O2S/c1-32(26,31)22-12-18(27-23(30)10-16-4-2-3-5-20(16)24)11-21-19(22)14-29(28-21)13-15-6-8-17(25)9-7-15/h2-9,11-12,14,26H,10,13H2,1H3,(H,27,30). The number of nitrogens with one attached hydrogen (secondary N) is 2. The van der Waals surface area contributed by atoms with E-state index < -0.39 is 9.73 Å². The molecule has 4 rings (SSSR count). The Morgan fingerprint density at radius 1 is 1.19 bits per heavy atom. The predicted molar refractivity (Wildman–Crippen MR) is 124 cm³/mol. The van der Waals surface area contributed by atoms with Crippen LogP contribution in [0.1, 0.15) is 11.1 Å². The van der Waals surface area contributed by atoms with E-state index >= 15 is 0 Å². The summed E-state index contributed by atoms with van der Waals surface area (Å²) in [6.07, 6.45) is 3.11. The van der Waals surface area contributed by atoms with Gasteiger partial charge in [0, 0.05) is 28.5 Å². The second-order valence-electron chi connectivity index (χ2n) is 7.52. The smallest absolute Gasteiger partial charge is 0.228 e. The third-order valence-electron chi connectivity index (χ3n) is 4.90. The van der Waals surface area contributed by atoms with Crippen molar-refractivity contribution in [3.05, 3.63) is 88.8 Å². The van der Waals surface area contributed by atoms with Crippen LogP contribution in [-0.2, 0) is 27.5 Å². The predicted octanol–water partition coefficient (Wildman–Crippen LogP) is 5.09. The van der Waals surface area contributed by atoms with E-state index in [1.807, 2.05) is 0 Å². The molecule has 0 aliphatic rings. The number of fused-ring (bicyclic) bond motifs is 1. The zero-order valence-corrected chi connectivity index (χ0v) is 18.7. The summed E-state index contributed by atoms with van der Waals surface area (Å²) in [5, 5.41) is 8.37. The average molecular weight is 471 g/mol. The SMILES string of the molecule is CS(=N)(=O)c1cc(NC(=O)Cc2ccccc2Cl)cc2nn(Cc3ccc(F)cc3)cc12. The molecule has 1 amide bonds. The molecular formula is C23H20ClFN4O2S. The molecule has 164 valence electrons. The lowest BCUT2D eigenvalue weighted by Gasteiger charge is -2.09. The van der Waals surface area contributed by atoms with Gasteiger partial charge in [-0.25, -0.2) is 13.4 Å². The first-order valence-corrected chi connectivity index (χ1v) is 12.1. The van der Waals surface area contributed by atoms with Crippen LogP contribution in [0.4, 0.5) is 10.1 Å². The van der Waals surface area contributed by atoms with Gasteiger partial charge in [-0.3, -0.25) is 9.48 Å². The number of amides is 1. The molecule has 3 aromatic carbocycles. The highest BCUT2D eigenvalue weighted by Gasteiger charge is 2.16. The zero-order valence-electron chi connectivity index (χ0n) is 17.1. The number of hydrogen-bond donors (Lipinski definition) is 2. The van der Waals surface area contributed by atoms with Crippen LogP contribution in [0.15, 0.2) is 71.8 Å². The molecule has 0 fully saturated rings. The van der Waals surface area contributed by atoms with Gasteiger partial charge in [-0.15, -0.1) is 0 Å². The number of rotatable bonds is 6. The van der Waals surface area contributed by atoms with E-state index in [4.69, 9.17) is 16.4 Å². The molecule has 0 saturated carbocycles. The minimum Gasteiger partial charge on any atom is -0.326 e. The van der Waals surface area contributed by atoms with Gasteiger partial charge in [-0.2, -0.15) is 5.10 Å². The summed E-state index contributed by atoms with van der Waals surface area (Å²) in [5.41, 5.74) is 2.44. The van der Waals surface area contributed by atoms with Gasteiger partial charge in [0.25, 0.3) is 0 Å². The van der Waals surface area contributed by atoms with Crippen LogP contribution in [0.5, 0.6) is 0 Å². The lowest BCUT2D eigenvalue weighted by molar-refractivity contribution is -0.115. The summed E-state index contributed by atoms with van der Waals surface area (Å²) in [5.74, 6) is -0.611. The molecule has 1 unspecified atom stereocenters. The van der Waals surface area contributed by atoms with Crippen LogP contribution in [0.25, 0.3) is 10.9 Å². The van der Waals surface area contributed by atoms with Crippen LogP contribution in [0.2, 0.25) is 5.02 Å². The summed E-state index contributed by atoms with van der Waals surface area (Å²) in [6, 6.07) is 16.4. The number of nitrogens with zero attached hydrogens (tertiary/aromatic N) is 2. The second-order valence-corrected chi connectivity index (χ2v) is 10.1. The fraction of sp³-hybridized carbons (Fsp3) is 0.130. The highest BCUT2D eigenvalue weighted by Crippen LogP contribution is 2.28. The van der Waals surface area contributed by atoms with Crippen molar-refractivity contribution in [2.75, 3.05) is 11.6 Å². The van der Waals surface area contributed by atoms with E-state index in [2.05, 4.69) is 10.4 Å². The van der Waals surface area contributed by atoms with Crippen LogP contribution in [0, 0.1) is 10.6 Å². The maximum absolute atomic E-state index is 13.2. The Labute approximate surface area is 190 Å². The van der Waals surface area contributed by atoms with Gasteiger partial charge in [0.1, 0.15) is 5.82 Å². The third-order valence-corrected chi connectivity index (χ3v) is 6.45. The normalized spacial score (nSPS) is 13.1. The molecule has 32 heavy (non-hydrogen) atoms. The average Bonchev–Trinajstić information content (AvgIpc) is 3.12. The molecule has 0 spiro atoms. The van der Waals surface area contributed by atoms with Gasteiger partial charge < -0.3 is 5.32 Å². The fourth-order valence-electron chi connectivity index (χ4n) is 3.41. The molecule has 0 saturated heterocycles. The van der Waals surface area contributed by atoms with Gasteiger partial charge >= 0.3 is 0 Å². The van der Waals surface area contributed by atoms with E-state index in [1.165, 1.54) is 18.4 Å². The molecule has 1 heterocycles. The fourth-order valence-corrected chi connectivity index (χ4v) is 4.54. The Hall–Kier alpha value is -3.23. The summed E-state index contributed by atoms with van der Waals surface area (Å²) in [4.78, 5) is 12.8. The molecule has 1 aromatic heterocycles. The molecule has 9 heteroatoms. The van der Waals surface area contributed by atoms with Crippen molar-refractivity contribution in [1.29, 1.82) is 4.78 Å². The van der Waals surface area contributed by atoms with E-state index in [9.17, 15) is 13.4 Å². The highest BCUT2D eigenvalue weighted by atomic mass is 35.5. The number of hydrogen-bond acceptors (Lipinski definition) is 4. The van der Waals surface area contributed by atoms with Crippen LogP contribution in [0.3, 0.4) is 0 Å². The molecule has 1 atom stereocenters. The van der Waals surface area contributed by atoms with Crippen molar-refractivity contribution < 1.29 is 13.4 Å². The first kappa shape index (κ1) is 22.0. The maximum Gasteiger partial charge on any atom is 0.228 e. The maximum atomic E-state index is 13.2. The Morgan fingerprint density at radius 3 is 2.59 bits per heavy atom. The Morgan fingerprint density at radius 2 is 1.91 bits per heavy atom. The minimum absolute atomic E-state index is 0.0778. The van der Waals surface area contributed by atoms with E-state index in [0.717, 1.165) is 5.56 Å². The number of halogens is 2. The van der Waals surface area contributed by atoms with E-state index in [0.29, 0.717) is 33.7 Å². The van der Waals surface area contributed by atoms with Gasteiger partial charge in [-0.05, 0) is 41.5 Å². The second kappa shape index (κ2) is 8.72. The molecule has 0 radical (unpaired) electrons. The summed E-state index contributed by atoms with van der Waals surface area (Å²) < 4.78 is 35.6. The summed E-state index contributed by atoms with van der Waals surface area (Å²) in [7, 11) is -3.09. The molecule has 0 aliphatic carbocycles. The molecule has 0 bridgehead atoms. The van der Waals surface area contributed by atoms with Crippen molar-refractivity contribution in [2.24, 2.45) is 0 Å². The molecule has 4 aromatic rings. The highest BCUT2D eigenvalue weighted by molar-refractivity contribution is 7.92. The topological polar surface area (TPSA) is 87.8 Å². The van der Waals surface area contributed by atoms with Crippen molar-refractivity contribution in [3.63, 3.8) is 0 Å². The van der Waals surface area contributed by atoms with Crippen molar-refractivity contribution in [2.45, 2.75) is 17.9 Å². The van der Waals surface area contributed by atoms with Crippen LogP contribution >= 0.6 is 11.6 Å². The quantitative estimate of drug-likeness (QED) is 0.411. The van der Waals surface area contributed by atoms with Crippen LogP contribution in [-0.4, -0.2) is 26.2 Å². The number of carbonyl (C=O) groups is 1. The number of benzene rings is 3. The van der Waals surface area contributed by atoms with Gasteiger partial charge in [0.15, 0.2) is 0 Å². The van der Waals surface area contributed by atoms with E-state index in [-0.39, 0.29) is 23.0 Å². The largest absolute Gasteiger partial charge is 0.326 e. The Bertz CT molecular complexity index is 1420. The molecule has 2 N–H and O–H groups in total. The molecule has 0 aliphatic heterocycles. The van der Waals surface area contributed by atoms with Crippen molar-refractivity contribution >= 4 is 43.8 Å². The lowest BCUT2D eigenvalue weighted by atomic mass is 10.1. The summed E-state index contributed by atoms with van der Waals surface area (Å²) >= 11 is 6.14. The van der Waals surface area contributed by atoms with Crippen molar-refractivity contribution in [3.8, 4) is 0 Å². The van der Waals surface area contributed by atoms with E-state index in [1.54, 1.807) is 59.4 Å². The van der Waals surface area contributed by atoms with Crippen molar-refractivity contribution in [1.82, 2.24) is 9.78 Å². The van der Waals surface area contributed by atoms with Gasteiger partial charge in [-0.1, -0.05) is 41.9 Å².